The minimum absolute atomic E-state index is 0.00492. The van der Waals surface area contributed by atoms with Gasteiger partial charge >= 0.3 is 0 Å². The fraction of sp³-hybridized carbons (Fsp3) is 0.357. The normalized spacial score (nSPS) is 11.9. The Bertz CT molecular complexity index is 537. The van der Waals surface area contributed by atoms with E-state index in [1.165, 1.54) is 6.33 Å². The summed E-state index contributed by atoms with van der Waals surface area (Å²) in [6.07, 6.45) is 2.10. The van der Waals surface area contributed by atoms with E-state index in [-0.39, 0.29) is 11.8 Å². The summed E-state index contributed by atoms with van der Waals surface area (Å²) >= 11 is 0. The molecule has 20 heavy (non-hydrogen) atoms. The lowest BCUT2D eigenvalue weighted by atomic mass is 10.0. The van der Waals surface area contributed by atoms with E-state index < -0.39 is 0 Å². The summed E-state index contributed by atoms with van der Waals surface area (Å²) in [4.78, 5) is 16.0. The van der Waals surface area contributed by atoms with E-state index in [1.807, 2.05) is 31.2 Å². The lowest BCUT2D eigenvalue weighted by Crippen LogP contribution is -2.30. The second-order valence-corrected chi connectivity index (χ2v) is 4.47. The Morgan fingerprint density at radius 2 is 2.15 bits per heavy atom. The lowest BCUT2D eigenvalue weighted by molar-refractivity contribution is -0.122. The average molecular weight is 274 g/mol. The first-order chi connectivity index (χ1) is 9.70. The van der Waals surface area contributed by atoms with Gasteiger partial charge in [0.15, 0.2) is 0 Å². The van der Waals surface area contributed by atoms with Crippen LogP contribution in [0, 0.1) is 0 Å². The third-order valence-electron chi connectivity index (χ3n) is 3.14. The molecule has 1 aromatic carbocycles. The van der Waals surface area contributed by atoms with E-state index in [4.69, 9.17) is 4.74 Å². The summed E-state index contributed by atoms with van der Waals surface area (Å²) in [5.41, 5.74) is 0.961. The first kappa shape index (κ1) is 14.0. The molecule has 0 saturated heterocycles. The van der Waals surface area contributed by atoms with Crippen LogP contribution in [0.2, 0.25) is 0 Å². The Kier molecular flexibility index (Phi) is 4.70. The number of methoxy groups -OCH3 is 1. The van der Waals surface area contributed by atoms with Crippen molar-refractivity contribution in [3.8, 4) is 5.75 Å². The van der Waals surface area contributed by atoms with Gasteiger partial charge in [0, 0.05) is 13.0 Å². The average Bonchev–Trinajstić information content (AvgIpc) is 2.99. The molecule has 0 bridgehead atoms. The molecule has 0 aliphatic carbocycles. The van der Waals surface area contributed by atoms with Gasteiger partial charge in [-0.1, -0.05) is 12.1 Å². The number of nitrogens with zero attached hydrogens (tertiary/aromatic N) is 2. The SMILES string of the molecule is COc1ccc(C(C)C(=O)NCCc2ncn[nH]2)cc1. The van der Waals surface area contributed by atoms with Crippen LogP contribution in [-0.2, 0) is 11.2 Å². The molecule has 0 aliphatic heterocycles. The van der Waals surface area contributed by atoms with Crippen molar-refractivity contribution in [2.75, 3.05) is 13.7 Å². The fourth-order valence-electron chi connectivity index (χ4n) is 1.85. The highest BCUT2D eigenvalue weighted by Gasteiger charge is 2.14. The number of H-pyrrole nitrogens is 1. The number of hydrogen-bond acceptors (Lipinski definition) is 4. The molecule has 2 N–H and O–H groups in total. The van der Waals surface area contributed by atoms with Crippen molar-refractivity contribution in [3.63, 3.8) is 0 Å². The van der Waals surface area contributed by atoms with Gasteiger partial charge in [-0.3, -0.25) is 9.89 Å². The molecule has 0 aliphatic rings. The van der Waals surface area contributed by atoms with Crippen LogP contribution in [0.3, 0.4) is 0 Å². The molecule has 6 heteroatoms. The Morgan fingerprint density at radius 1 is 1.40 bits per heavy atom. The van der Waals surface area contributed by atoms with Crippen LogP contribution >= 0.6 is 0 Å². The van der Waals surface area contributed by atoms with Crippen LogP contribution in [0.25, 0.3) is 0 Å². The first-order valence-corrected chi connectivity index (χ1v) is 6.46. The van der Waals surface area contributed by atoms with Gasteiger partial charge in [0.25, 0.3) is 0 Å². The number of benzene rings is 1. The number of rotatable bonds is 6. The van der Waals surface area contributed by atoms with E-state index >= 15 is 0 Å². The Morgan fingerprint density at radius 3 is 2.75 bits per heavy atom. The van der Waals surface area contributed by atoms with E-state index in [0.717, 1.165) is 17.1 Å². The predicted molar refractivity (Wildman–Crippen MR) is 74.5 cm³/mol. The van der Waals surface area contributed by atoms with E-state index in [9.17, 15) is 4.79 Å². The van der Waals surface area contributed by atoms with Crippen LogP contribution < -0.4 is 10.1 Å². The number of carbonyl (C=O) groups excluding carboxylic acids is 1. The third kappa shape index (κ3) is 3.57. The molecule has 0 spiro atoms. The van der Waals surface area contributed by atoms with E-state index in [0.29, 0.717) is 13.0 Å². The zero-order valence-electron chi connectivity index (χ0n) is 11.6. The van der Waals surface area contributed by atoms with Crippen LogP contribution in [0.15, 0.2) is 30.6 Å². The molecule has 1 aromatic heterocycles. The lowest BCUT2D eigenvalue weighted by Gasteiger charge is -2.12. The second-order valence-electron chi connectivity index (χ2n) is 4.47. The highest BCUT2D eigenvalue weighted by atomic mass is 16.5. The largest absolute Gasteiger partial charge is 0.497 e. The van der Waals surface area contributed by atoms with Crippen molar-refractivity contribution in [1.29, 1.82) is 0 Å². The summed E-state index contributed by atoms with van der Waals surface area (Å²) < 4.78 is 5.10. The van der Waals surface area contributed by atoms with E-state index in [1.54, 1.807) is 7.11 Å². The van der Waals surface area contributed by atoms with Gasteiger partial charge in [0.1, 0.15) is 17.9 Å². The molecule has 0 radical (unpaired) electrons. The summed E-state index contributed by atoms with van der Waals surface area (Å²) in [6.45, 7) is 2.42. The van der Waals surface area contributed by atoms with Crippen LogP contribution in [0.1, 0.15) is 24.2 Å². The highest BCUT2D eigenvalue weighted by molar-refractivity contribution is 5.83. The summed E-state index contributed by atoms with van der Waals surface area (Å²) in [5, 5.41) is 9.41. The molecule has 6 nitrogen and oxygen atoms in total. The Balaban J connectivity index is 1.84. The molecule has 2 rings (SSSR count). The number of amides is 1. The van der Waals surface area contributed by atoms with Gasteiger partial charge in [-0.05, 0) is 24.6 Å². The van der Waals surface area contributed by atoms with Crippen LogP contribution in [-0.4, -0.2) is 34.7 Å². The van der Waals surface area contributed by atoms with Crippen LogP contribution in [0.4, 0.5) is 0 Å². The molecule has 2 aromatic rings. The number of carbonyl (C=O) groups is 1. The summed E-state index contributed by atoms with van der Waals surface area (Å²) in [6, 6.07) is 7.51. The summed E-state index contributed by atoms with van der Waals surface area (Å²) in [5.74, 6) is 1.35. The molecular weight excluding hydrogens is 256 g/mol. The molecule has 1 heterocycles. The first-order valence-electron chi connectivity index (χ1n) is 6.46. The van der Waals surface area contributed by atoms with Crippen molar-refractivity contribution < 1.29 is 9.53 Å². The van der Waals surface area contributed by atoms with Gasteiger partial charge in [0.05, 0.1) is 13.0 Å². The molecule has 1 atom stereocenters. The van der Waals surface area contributed by atoms with Gasteiger partial charge in [0.2, 0.25) is 5.91 Å². The van der Waals surface area contributed by atoms with Gasteiger partial charge in [-0.15, -0.1) is 0 Å². The van der Waals surface area contributed by atoms with Crippen molar-refractivity contribution in [1.82, 2.24) is 20.5 Å². The molecule has 1 unspecified atom stereocenters. The van der Waals surface area contributed by atoms with E-state index in [2.05, 4.69) is 20.5 Å². The monoisotopic (exact) mass is 274 g/mol. The molecule has 0 saturated carbocycles. The number of hydrogen-bond donors (Lipinski definition) is 2. The fourth-order valence-corrected chi connectivity index (χ4v) is 1.85. The highest BCUT2D eigenvalue weighted by Crippen LogP contribution is 2.19. The van der Waals surface area contributed by atoms with Gasteiger partial charge < -0.3 is 10.1 Å². The molecule has 1 amide bonds. The Labute approximate surface area is 117 Å². The van der Waals surface area contributed by atoms with Crippen molar-refractivity contribution >= 4 is 5.91 Å². The quantitative estimate of drug-likeness (QED) is 0.831. The summed E-state index contributed by atoms with van der Waals surface area (Å²) in [7, 11) is 1.62. The van der Waals surface area contributed by atoms with Crippen molar-refractivity contribution in [2.45, 2.75) is 19.3 Å². The third-order valence-corrected chi connectivity index (χ3v) is 3.14. The van der Waals surface area contributed by atoms with Gasteiger partial charge in [-0.25, -0.2) is 4.98 Å². The zero-order valence-corrected chi connectivity index (χ0v) is 11.6. The maximum atomic E-state index is 12.0. The minimum Gasteiger partial charge on any atom is -0.497 e. The number of nitrogens with one attached hydrogen (secondary N) is 2. The molecule has 106 valence electrons. The second kappa shape index (κ2) is 6.70. The molecular formula is C14H18N4O2. The van der Waals surface area contributed by atoms with Gasteiger partial charge in [-0.2, -0.15) is 5.10 Å². The molecule has 0 fully saturated rings. The maximum Gasteiger partial charge on any atom is 0.227 e. The predicted octanol–water partition coefficient (Wildman–Crippen LogP) is 1.28. The maximum absolute atomic E-state index is 12.0. The number of aromatic nitrogens is 3. The number of ether oxygens (including phenoxy) is 1. The van der Waals surface area contributed by atoms with Crippen LogP contribution in [0.5, 0.6) is 5.75 Å². The van der Waals surface area contributed by atoms with Crippen molar-refractivity contribution in [3.05, 3.63) is 42.0 Å². The zero-order chi connectivity index (χ0) is 14.4. The number of aromatic amines is 1. The smallest absolute Gasteiger partial charge is 0.227 e. The Hall–Kier alpha value is -2.37. The standard InChI is InChI=1S/C14H18N4O2/c1-10(11-3-5-12(20-2)6-4-11)14(19)15-8-7-13-16-9-17-18-13/h3-6,9-10H,7-8H2,1-2H3,(H,15,19)(H,16,17,18). The topological polar surface area (TPSA) is 79.9 Å². The van der Waals surface area contributed by atoms with Crippen molar-refractivity contribution in [2.24, 2.45) is 0 Å². The minimum atomic E-state index is -0.198.